The zero-order valence-electron chi connectivity index (χ0n) is 10.4. The minimum atomic E-state index is -4.77. The van der Waals surface area contributed by atoms with E-state index in [4.69, 9.17) is 15.3 Å². The zero-order valence-corrected chi connectivity index (χ0v) is 10.4. The molecule has 0 radical (unpaired) electrons. The highest BCUT2D eigenvalue weighted by atomic mass is 19.4. The van der Waals surface area contributed by atoms with E-state index in [0.29, 0.717) is 5.56 Å². The van der Waals surface area contributed by atoms with E-state index < -0.39 is 23.7 Å². The van der Waals surface area contributed by atoms with Gasteiger partial charge in [0.25, 0.3) is 0 Å². The van der Waals surface area contributed by atoms with Gasteiger partial charge in [-0.05, 0) is 12.1 Å². The highest BCUT2D eigenvalue weighted by molar-refractivity contribution is 5.83. The van der Waals surface area contributed by atoms with Crippen molar-refractivity contribution in [2.45, 2.75) is 12.7 Å². The lowest BCUT2D eigenvalue weighted by Gasteiger charge is -2.15. The van der Waals surface area contributed by atoms with Crippen molar-refractivity contribution in [3.05, 3.63) is 35.9 Å². The molecule has 21 heavy (non-hydrogen) atoms. The van der Waals surface area contributed by atoms with Crippen LogP contribution in [-0.2, 0) is 12.7 Å². The van der Waals surface area contributed by atoms with Gasteiger partial charge in [-0.15, -0.1) is 0 Å². The number of nitrogens with zero attached hydrogens (tertiary/aromatic N) is 1. The summed E-state index contributed by atoms with van der Waals surface area (Å²) in [6, 6.07) is 2.26. The Kier molecular flexibility index (Phi) is 3.85. The third-order valence-electron chi connectivity index (χ3n) is 2.66. The number of nitrogens with one attached hydrogen (secondary N) is 1. The van der Waals surface area contributed by atoms with E-state index in [2.05, 4.69) is 4.98 Å². The summed E-state index contributed by atoms with van der Waals surface area (Å²) in [6.45, 7) is -0.160. The Bertz CT molecular complexity index is 654. The molecule has 4 N–H and O–H groups in total. The lowest BCUT2D eigenvalue weighted by molar-refractivity contribution is -0.137. The number of furan rings is 1. The maximum atomic E-state index is 13.0. The fraction of sp³-hybridized carbons (Fsp3) is 0.167. The lowest BCUT2D eigenvalue weighted by Crippen LogP contribution is -2.18. The monoisotopic (exact) mass is 301 g/mol. The van der Waals surface area contributed by atoms with Crippen molar-refractivity contribution in [2.24, 2.45) is 5.73 Å². The molecule has 0 aromatic carbocycles. The summed E-state index contributed by atoms with van der Waals surface area (Å²) >= 11 is 0. The van der Waals surface area contributed by atoms with E-state index in [1.807, 2.05) is 0 Å². The number of alkyl halides is 3. The topological polar surface area (TPSA) is 101 Å². The normalized spacial score (nSPS) is 11.4. The Labute approximate surface area is 116 Å². The van der Waals surface area contributed by atoms with Crippen LogP contribution in [0.15, 0.2) is 29.1 Å². The Morgan fingerprint density at radius 1 is 1.48 bits per heavy atom. The average molecular weight is 301 g/mol. The van der Waals surface area contributed by atoms with Crippen molar-refractivity contribution in [3.8, 4) is 11.1 Å². The molecule has 0 aliphatic rings. The minimum Gasteiger partial charge on any atom is -0.472 e. The highest BCUT2D eigenvalue weighted by Crippen LogP contribution is 2.37. The number of pyridine rings is 1. The Hall–Kier alpha value is -2.55. The summed E-state index contributed by atoms with van der Waals surface area (Å²) < 4.78 is 43.9. The first-order chi connectivity index (χ1) is 9.82. The van der Waals surface area contributed by atoms with Crippen molar-refractivity contribution >= 4 is 11.9 Å². The number of aromatic nitrogens is 1. The first-order valence-corrected chi connectivity index (χ1v) is 5.66. The number of carbonyl (C=O) groups is 1. The number of amides is 1. The largest absolute Gasteiger partial charge is 0.472 e. The third-order valence-corrected chi connectivity index (χ3v) is 2.66. The maximum absolute atomic E-state index is 13.0. The van der Waals surface area contributed by atoms with Gasteiger partial charge in [-0.3, -0.25) is 5.32 Å². The molecule has 1 amide bonds. The second kappa shape index (κ2) is 5.44. The SMILES string of the molecule is NCc1nc(NC(=O)O)c(C(F)(F)F)cc1-c1ccoc1. The number of halogens is 3. The average Bonchev–Trinajstić information content (AvgIpc) is 2.89. The predicted molar refractivity (Wildman–Crippen MR) is 66.5 cm³/mol. The molecular formula is C12H10F3N3O3. The van der Waals surface area contributed by atoms with Crippen LogP contribution in [0.1, 0.15) is 11.3 Å². The molecule has 0 atom stereocenters. The molecule has 0 saturated carbocycles. The van der Waals surface area contributed by atoms with E-state index in [0.717, 1.165) is 6.07 Å². The second-order valence-electron chi connectivity index (χ2n) is 4.02. The molecule has 2 aromatic rings. The van der Waals surface area contributed by atoms with Gasteiger partial charge in [-0.25, -0.2) is 9.78 Å². The molecule has 0 aliphatic heterocycles. The first-order valence-electron chi connectivity index (χ1n) is 5.66. The number of hydrogen-bond acceptors (Lipinski definition) is 4. The van der Waals surface area contributed by atoms with Gasteiger partial charge in [0.05, 0.1) is 23.8 Å². The number of rotatable bonds is 3. The summed E-state index contributed by atoms with van der Waals surface area (Å²) in [7, 11) is 0. The van der Waals surface area contributed by atoms with Gasteiger partial charge in [-0.1, -0.05) is 0 Å². The summed E-state index contributed by atoms with van der Waals surface area (Å²) in [5.74, 6) is -0.803. The standard InChI is InChI=1S/C12H10F3N3O3/c13-12(14,15)8-3-7(6-1-2-21-5-6)9(4-16)17-10(8)18-11(19)20/h1-3,5H,4,16H2,(H,17,18)(H,19,20). The molecule has 0 saturated heterocycles. The Morgan fingerprint density at radius 3 is 2.67 bits per heavy atom. The van der Waals surface area contributed by atoms with Crippen LogP contribution in [-0.4, -0.2) is 16.2 Å². The summed E-state index contributed by atoms with van der Waals surface area (Å²) in [5.41, 5.74) is 4.89. The molecule has 0 spiro atoms. The summed E-state index contributed by atoms with van der Waals surface area (Å²) in [6.07, 6.45) is -3.87. The summed E-state index contributed by atoms with van der Waals surface area (Å²) in [4.78, 5) is 14.3. The molecule has 2 heterocycles. The van der Waals surface area contributed by atoms with Crippen molar-refractivity contribution in [3.63, 3.8) is 0 Å². The van der Waals surface area contributed by atoms with Crippen LogP contribution in [0.4, 0.5) is 23.8 Å². The van der Waals surface area contributed by atoms with Crippen LogP contribution in [0.25, 0.3) is 11.1 Å². The van der Waals surface area contributed by atoms with Crippen LogP contribution < -0.4 is 11.1 Å². The number of anilines is 1. The van der Waals surface area contributed by atoms with Crippen molar-refractivity contribution in [2.75, 3.05) is 5.32 Å². The Balaban J connectivity index is 2.66. The molecule has 2 rings (SSSR count). The van der Waals surface area contributed by atoms with Crippen molar-refractivity contribution in [1.29, 1.82) is 0 Å². The van der Waals surface area contributed by atoms with Crippen LogP contribution in [0, 0.1) is 0 Å². The van der Waals surface area contributed by atoms with Gasteiger partial charge >= 0.3 is 12.3 Å². The van der Waals surface area contributed by atoms with Gasteiger partial charge in [0.2, 0.25) is 0 Å². The lowest BCUT2D eigenvalue weighted by atomic mass is 10.0. The molecule has 0 unspecified atom stereocenters. The molecular weight excluding hydrogens is 291 g/mol. The second-order valence-corrected chi connectivity index (χ2v) is 4.02. The van der Waals surface area contributed by atoms with Gasteiger partial charge < -0.3 is 15.3 Å². The van der Waals surface area contributed by atoms with Gasteiger partial charge in [0.15, 0.2) is 0 Å². The zero-order chi connectivity index (χ0) is 15.6. The number of hydrogen-bond donors (Lipinski definition) is 3. The van der Waals surface area contributed by atoms with E-state index in [1.54, 1.807) is 5.32 Å². The van der Waals surface area contributed by atoms with E-state index in [1.165, 1.54) is 18.6 Å². The van der Waals surface area contributed by atoms with E-state index in [9.17, 15) is 18.0 Å². The number of nitrogens with two attached hydrogens (primary N) is 1. The van der Waals surface area contributed by atoms with Crippen LogP contribution in [0.3, 0.4) is 0 Å². The highest BCUT2D eigenvalue weighted by Gasteiger charge is 2.36. The van der Waals surface area contributed by atoms with E-state index >= 15 is 0 Å². The molecule has 0 aliphatic carbocycles. The quantitative estimate of drug-likeness (QED) is 0.809. The number of carboxylic acid groups (broad SMARTS) is 1. The van der Waals surface area contributed by atoms with Crippen LogP contribution in [0.5, 0.6) is 0 Å². The third kappa shape index (κ3) is 3.14. The van der Waals surface area contributed by atoms with Crippen LogP contribution >= 0.6 is 0 Å². The summed E-state index contributed by atoms with van der Waals surface area (Å²) in [5, 5.41) is 10.2. The fourth-order valence-corrected chi connectivity index (χ4v) is 1.79. The molecule has 9 heteroatoms. The predicted octanol–water partition coefficient (Wildman–Crippen LogP) is 2.91. The minimum absolute atomic E-state index is 0.119. The Morgan fingerprint density at radius 2 is 2.19 bits per heavy atom. The van der Waals surface area contributed by atoms with Gasteiger partial charge in [0, 0.05) is 17.7 Å². The van der Waals surface area contributed by atoms with Crippen LogP contribution in [0.2, 0.25) is 0 Å². The fourth-order valence-electron chi connectivity index (χ4n) is 1.79. The molecule has 2 aromatic heterocycles. The smallest absolute Gasteiger partial charge is 0.419 e. The maximum Gasteiger partial charge on any atom is 0.419 e. The van der Waals surface area contributed by atoms with E-state index in [-0.39, 0.29) is 17.8 Å². The first kappa shape index (κ1) is 14.9. The molecule has 0 bridgehead atoms. The van der Waals surface area contributed by atoms with Crippen molar-refractivity contribution < 1.29 is 27.5 Å². The molecule has 6 nitrogen and oxygen atoms in total. The molecule has 0 fully saturated rings. The van der Waals surface area contributed by atoms with Gasteiger partial charge in [-0.2, -0.15) is 13.2 Å². The van der Waals surface area contributed by atoms with Gasteiger partial charge in [0.1, 0.15) is 5.82 Å². The molecule has 112 valence electrons. The van der Waals surface area contributed by atoms with Crippen molar-refractivity contribution in [1.82, 2.24) is 4.98 Å².